The second-order valence-corrected chi connectivity index (χ2v) is 6.10. The highest BCUT2D eigenvalue weighted by molar-refractivity contribution is 6.33. The zero-order chi connectivity index (χ0) is 17.5. The van der Waals surface area contributed by atoms with Crippen molar-refractivity contribution in [1.82, 2.24) is 4.90 Å². The SMILES string of the molecule is CCCN(CC1CCCO1)C(=O)Nc1ccc(C(=O)OC)c(Cl)c1. The van der Waals surface area contributed by atoms with E-state index in [0.29, 0.717) is 18.8 Å². The number of carbonyl (C=O) groups excluding carboxylic acids is 2. The van der Waals surface area contributed by atoms with Crippen molar-refractivity contribution in [2.75, 3.05) is 32.1 Å². The van der Waals surface area contributed by atoms with E-state index in [1.807, 2.05) is 6.92 Å². The van der Waals surface area contributed by atoms with E-state index in [9.17, 15) is 9.59 Å². The Hall–Kier alpha value is -1.79. The van der Waals surface area contributed by atoms with Crippen LogP contribution in [0.4, 0.5) is 10.5 Å². The molecule has 1 aliphatic heterocycles. The number of hydrogen-bond donors (Lipinski definition) is 1. The molecule has 0 aliphatic carbocycles. The van der Waals surface area contributed by atoms with Gasteiger partial charge in [-0.15, -0.1) is 0 Å². The number of rotatable bonds is 6. The number of nitrogens with zero attached hydrogens (tertiary/aromatic N) is 1. The predicted octanol–water partition coefficient (Wildman–Crippen LogP) is 3.55. The van der Waals surface area contributed by atoms with Crippen LogP contribution in [-0.4, -0.2) is 49.8 Å². The third-order valence-corrected chi connectivity index (χ3v) is 4.17. The van der Waals surface area contributed by atoms with E-state index in [1.165, 1.54) is 13.2 Å². The van der Waals surface area contributed by atoms with Crippen LogP contribution < -0.4 is 5.32 Å². The monoisotopic (exact) mass is 354 g/mol. The number of methoxy groups -OCH3 is 1. The van der Waals surface area contributed by atoms with Crippen LogP contribution in [0.5, 0.6) is 0 Å². The summed E-state index contributed by atoms with van der Waals surface area (Å²) in [4.78, 5) is 25.8. The normalized spacial score (nSPS) is 16.7. The molecule has 7 heteroatoms. The second kappa shape index (κ2) is 8.89. The third kappa shape index (κ3) is 4.85. The van der Waals surface area contributed by atoms with Crippen LogP contribution in [0.3, 0.4) is 0 Å². The summed E-state index contributed by atoms with van der Waals surface area (Å²) < 4.78 is 10.3. The van der Waals surface area contributed by atoms with Gasteiger partial charge in [-0.1, -0.05) is 18.5 Å². The number of nitrogens with one attached hydrogen (secondary N) is 1. The molecule has 0 bridgehead atoms. The van der Waals surface area contributed by atoms with Gasteiger partial charge in [-0.3, -0.25) is 0 Å². The Labute approximate surface area is 147 Å². The first kappa shape index (κ1) is 18.5. The first-order valence-corrected chi connectivity index (χ1v) is 8.48. The summed E-state index contributed by atoms with van der Waals surface area (Å²) in [6, 6.07) is 4.51. The molecule has 1 saturated heterocycles. The molecule has 6 nitrogen and oxygen atoms in total. The van der Waals surface area contributed by atoms with Gasteiger partial charge in [-0.05, 0) is 37.5 Å². The number of ether oxygens (including phenoxy) is 2. The molecule has 0 spiro atoms. The van der Waals surface area contributed by atoms with Gasteiger partial charge < -0.3 is 19.7 Å². The molecule has 0 saturated carbocycles. The fraction of sp³-hybridized carbons (Fsp3) is 0.529. The first-order valence-electron chi connectivity index (χ1n) is 8.10. The highest BCUT2D eigenvalue weighted by Gasteiger charge is 2.22. The van der Waals surface area contributed by atoms with E-state index < -0.39 is 5.97 Å². The molecule has 2 rings (SSSR count). The van der Waals surface area contributed by atoms with Gasteiger partial charge in [0.25, 0.3) is 0 Å². The molecule has 1 atom stereocenters. The number of esters is 1. The molecule has 24 heavy (non-hydrogen) atoms. The molecule has 1 heterocycles. The molecule has 1 unspecified atom stereocenters. The molecule has 1 aromatic rings. The summed E-state index contributed by atoms with van der Waals surface area (Å²) in [5.41, 5.74) is 0.799. The largest absolute Gasteiger partial charge is 0.465 e. The minimum atomic E-state index is -0.510. The molecular formula is C17H23ClN2O4. The molecule has 1 aliphatic rings. The molecule has 1 fully saturated rings. The van der Waals surface area contributed by atoms with Crippen LogP contribution in [-0.2, 0) is 9.47 Å². The first-order chi connectivity index (χ1) is 11.5. The van der Waals surface area contributed by atoms with Gasteiger partial charge in [-0.25, -0.2) is 9.59 Å². The summed E-state index contributed by atoms with van der Waals surface area (Å²) in [7, 11) is 1.29. The van der Waals surface area contributed by atoms with Crippen molar-refractivity contribution in [1.29, 1.82) is 0 Å². The summed E-state index contributed by atoms with van der Waals surface area (Å²) in [5, 5.41) is 3.06. The Kier molecular flexibility index (Phi) is 6.87. The molecule has 0 aromatic heterocycles. The van der Waals surface area contributed by atoms with Gasteiger partial charge in [0.05, 0.1) is 23.8 Å². The highest BCUT2D eigenvalue weighted by atomic mass is 35.5. The molecule has 2 amide bonds. The van der Waals surface area contributed by atoms with Crippen molar-refractivity contribution in [3.63, 3.8) is 0 Å². The van der Waals surface area contributed by atoms with Crippen LogP contribution in [0.15, 0.2) is 18.2 Å². The fourth-order valence-corrected chi connectivity index (χ4v) is 2.91. The lowest BCUT2D eigenvalue weighted by molar-refractivity contribution is 0.0601. The summed E-state index contributed by atoms with van der Waals surface area (Å²) >= 11 is 6.08. The van der Waals surface area contributed by atoms with Crippen LogP contribution in [0.1, 0.15) is 36.5 Å². The van der Waals surface area contributed by atoms with Crippen molar-refractivity contribution in [2.45, 2.75) is 32.3 Å². The summed E-state index contributed by atoms with van der Waals surface area (Å²) in [5.74, 6) is -0.510. The van der Waals surface area contributed by atoms with Gasteiger partial charge in [0.1, 0.15) is 0 Å². The molecule has 132 valence electrons. The molecule has 1 N–H and O–H groups in total. The zero-order valence-electron chi connectivity index (χ0n) is 14.0. The minimum absolute atomic E-state index is 0.104. The van der Waals surface area contributed by atoms with Gasteiger partial charge in [0.2, 0.25) is 0 Å². The molecular weight excluding hydrogens is 332 g/mol. The number of urea groups is 1. The fourth-order valence-electron chi connectivity index (χ4n) is 2.65. The summed E-state index contributed by atoms with van der Waals surface area (Å²) in [6.45, 7) is 4.02. The number of carbonyl (C=O) groups is 2. The Bertz CT molecular complexity index is 588. The lowest BCUT2D eigenvalue weighted by atomic mass is 10.2. The Morgan fingerprint density at radius 3 is 2.83 bits per heavy atom. The maximum atomic E-state index is 12.5. The average molecular weight is 355 g/mol. The molecule has 0 radical (unpaired) electrons. The van der Waals surface area contributed by atoms with E-state index in [-0.39, 0.29) is 22.7 Å². The quantitative estimate of drug-likeness (QED) is 0.793. The van der Waals surface area contributed by atoms with Crippen LogP contribution in [0.25, 0.3) is 0 Å². The second-order valence-electron chi connectivity index (χ2n) is 5.70. The van der Waals surface area contributed by atoms with E-state index >= 15 is 0 Å². The number of anilines is 1. The van der Waals surface area contributed by atoms with E-state index in [0.717, 1.165) is 25.9 Å². The Balaban J connectivity index is 2.02. The zero-order valence-corrected chi connectivity index (χ0v) is 14.8. The van der Waals surface area contributed by atoms with Gasteiger partial charge >= 0.3 is 12.0 Å². The standard InChI is InChI=1S/C17H23ClN2O4/c1-3-8-20(11-13-5-4-9-24-13)17(22)19-12-6-7-14(15(18)10-12)16(21)23-2/h6-7,10,13H,3-5,8-9,11H2,1-2H3,(H,19,22). The molecule has 1 aromatic carbocycles. The Morgan fingerprint density at radius 1 is 1.46 bits per heavy atom. The number of amides is 2. The average Bonchev–Trinajstić information content (AvgIpc) is 3.07. The predicted molar refractivity (Wildman–Crippen MR) is 92.6 cm³/mol. The number of benzene rings is 1. The van der Waals surface area contributed by atoms with Crippen molar-refractivity contribution < 1.29 is 19.1 Å². The smallest absolute Gasteiger partial charge is 0.339 e. The van der Waals surface area contributed by atoms with E-state index in [2.05, 4.69) is 10.1 Å². The van der Waals surface area contributed by atoms with Crippen molar-refractivity contribution >= 4 is 29.3 Å². The van der Waals surface area contributed by atoms with Crippen molar-refractivity contribution in [2.24, 2.45) is 0 Å². The maximum Gasteiger partial charge on any atom is 0.339 e. The van der Waals surface area contributed by atoms with Crippen LogP contribution >= 0.6 is 11.6 Å². The topological polar surface area (TPSA) is 67.9 Å². The lowest BCUT2D eigenvalue weighted by Gasteiger charge is -2.25. The van der Waals surface area contributed by atoms with Crippen LogP contribution in [0.2, 0.25) is 5.02 Å². The summed E-state index contributed by atoms with van der Waals surface area (Å²) in [6.07, 6.45) is 2.99. The van der Waals surface area contributed by atoms with Crippen molar-refractivity contribution in [3.05, 3.63) is 28.8 Å². The Morgan fingerprint density at radius 2 is 2.25 bits per heavy atom. The lowest BCUT2D eigenvalue weighted by Crippen LogP contribution is -2.40. The number of halogens is 1. The third-order valence-electron chi connectivity index (χ3n) is 3.85. The van der Waals surface area contributed by atoms with Gasteiger partial charge in [0.15, 0.2) is 0 Å². The minimum Gasteiger partial charge on any atom is -0.465 e. The van der Waals surface area contributed by atoms with Gasteiger partial charge in [0, 0.05) is 25.4 Å². The maximum absolute atomic E-state index is 12.5. The van der Waals surface area contributed by atoms with Gasteiger partial charge in [-0.2, -0.15) is 0 Å². The van der Waals surface area contributed by atoms with Crippen LogP contribution in [0, 0.1) is 0 Å². The number of hydrogen-bond acceptors (Lipinski definition) is 4. The highest BCUT2D eigenvalue weighted by Crippen LogP contribution is 2.22. The van der Waals surface area contributed by atoms with E-state index in [1.54, 1.807) is 17.0 Å². The van der Waals surface area contributed by atoms with Crippen molar-refractivity contribution in [3.8, 4) is 0 Å². The van der Waals surface area contributed by atoms with E-state index in [4.69, 9.17) is 16.3 Å².